The number of hydrogen-bond acceptors (Lipinski definition) is 4. The van der Waals surface area contributed by atoms with E-state index in [0.29, 0.717) is 18.9 Å². The lowest BCUT2D eigenvalue weighted by atomic mass is 9.99. The van der Waals surface area contributed by atoms with Gasteiger partial charge in [-0.3, -0.25) is 4.79 Å². The van der Waals surface area contributed by atoms with E-state index in [1.165, 1.54) is 5.56 Å². The number of amides is 1. The molecule has 30 heavy (non-hydrogen) atoms. The fraction of sp³-hybridized carbons (Fsp3) is 0.360. The number of benzene rings is 2. The van der Waals surface area contributed by atoms with E-state index < -0.39 is 0 Å². The molecule has 158 valence electrons. The molecule has 2 aromatic carbocycles. The van der Waals surface area contributed by atoms with Crippen LogP contribution in [-0.2, 0) is 17.8 Å². The normalized spacial score (nSPS) is 12.1. The zero-order valence-corrected chi connectivity index (χ0v) is 18.4. The summed E-state index contributed by atoms with van der Waals surface area (Å²) < 4.78 is 11.0. The Morgan fingerprint density at radius 1 is 1.00 bits per heavy atom. The quantitative estimate of drug-likeness (QED) is 0.543. The van der Waals surface area contributed by atoms with Crippen molar-refractivity contribution >= 4 is 5.91 Å². The molecule has 1 aromatic heterocycles. The minimum atomic E-state index is -0.0311. The first-order valence-electron chi connectivity index (χ1n) is 10.4. The predicted octanol–water partition coefficient (Wildman–Crippen LogP) is 5.41. The van der Waals surface area contributed by atoms with Gasteiger partial charge in [0.2, 0.25) is 5.91 Å². The van der Waals surface area contributed by atoms with Gasteiger partial charge in [0.25, 0.3) is 0 Å². The summed E-state index contributed by atoms with van der Waals surface area (Å²) in [7, 11) is 0. The zero-order chi connectivity index (χ0) is 21.7. The van der Waals surface area contributed by atoms with E-state index in [4.69, 9.17) is 9.26 Å². The number of nitrogens with one attached hydrogen (secondary N) is 1. The van der Waals surface area contributed by atoms with Crippen molar-refractivity contribution in [2.24, 2.45) is 0 Å². The van der Waals surface area contributed by atoms with Gasteiger partial charge in [0, 0.05) is 0 Å². The average Bonchev–Trinajstić information content (AvgIpc) is 3.05. The third-order valence-corrected chi connectivity index (χ3v) is 5.33. The topological polar surface area (TPSA) is 64.4 Å². The molecular weight excluding hydrogens is 376 g/mol. The smallest absolute Gasteiger partial charge is 0.224 e. The van der Waals surface area contributed by atoms with Crippen molar-refractivity contribution in [3.63, 3.8) is 0 Å². The highest BCUT2D eigenvalue weighted by atomic mass is 16.5. The van der Waals surface area contributed by atoms with Crippen molar-refractivity contribution in [2.75, 3.05) is 0 Å². The fourth-order valence-electron chi connectivity index (χ4n) is 3.30. The van der Waals surface area contributed by atoms with Crippen molar-refractivity contribution < 1.29 is 14.1 Å². The van der Waals surface area contributed by atoms with Crippen LogP contribution in [0, 0.1) is 13.8 Å². The summed E-state index contributed by atoms with van der Waals surface area (Å²) in [6, 6.07) is 16.0. The number of hydrogen-bond donors (Lipinski definition) is 1. The van der Waals surface area contributed by atoms with Gasteiger partial charge >= 0.3 is 0 Å². The number of aromatic nitrogens is 1. The maximum Gasteiger partial charge on any atom is 0.224 e. The minimum Gasteiger partial charge on any atom is -0.489 e. The van der Waals surface area contributed by atoms with Crippen LogP contribution in [-0.4, -0.2) is 11.1 Å². The summed E-state index contributed by atoms with van der Waals surface area (Å²) in [6.07, 6.45) is 0.332. The van der Waals surface area contributed by atoms with Crippen LogP contribution < -0.4 is 10.1 Å². The molecule has 1 N–H and O–H groups in total. The molecule has 0 saturated carbocycles. The molecule has 0 aliphatic heterocycles. The molecule has 0 aliphatic carbocycles. The van der Waals surface area contributed by atoms with E-state index in [-0.39, 0.29) is 11.9 Å². The molecule has 0 fully saturated rings. The Morgan fingerprint density at radius 2 is 1.63 bits per heavy atom. The average molecular weight is 407 g/mol. The fourth-order valence-corrected chi connectivity index (χ4v) is 3.30. The standard InChI is InChI=1S/C25H30N2O3/c1-16(2)21-8-10-22(11-9-21)17(3)26-25(28)14-20-6-12-23(13-7-20)29-15-24-18(4)27-30-19(24)5/h6-13,16-17H,14-15H2,1-5H3,(H,26,28). The summed E-state index contributed by atoms with van der Waals surface area (Å²) in [4.78, 5) is 12.5. The first-order valence-corrected chi connectivity index (χ1v) is 10.4. The molecule has 1 heterocycles. The van der Waals surface area contributed by atoms with Gasteiger partial charge in [-0.15, -0.1) is 0 Å². The molecule has 0 saturated heterocycles. The number of carbonyl (C=O) groups excluding carboxylic acids is 1. The molecule has 1 atom stereocenters. The van der Waals surface area contributed by atoms with Crippen molar-refractivity contribution in [1.29, 1.82) is 0 Å². The Bertz CT molecular complexity index is 953. The van der Waals surface area contributed by atoms with Gasteiger partial charge in [0.15, 0.2) is 0 Å². The summed E-state index contributed by atoms with van der Waals surface area (Å²) >= 11 is 0. The van der Waals surface area contributed by atoms with Gasteiger partial charge < -0.3 is 14.6 Å². The zero-order valence-electron chi connectivity index (χ0n) is 18.4. The van der Waals surface area contributed by atoms with Crippen molar-refractivity contribution in [3.8, 4) is 5.75 Å². The highest BCUT2D eigenvalue weighted by molar-refractivity contribution is 5.79. The SMILES string of the molecule is Cc1noc(C)c1COc1ccc(CC(=O)NC(C)c2ccc(C(C)C)cc2)cc1. The third-order valence-electron chi connectivity index (χ3n) is 5.33. The van der Waals surface area contributed by atoms with E-state index in [9.17, 15) is 4.79 Å². The van der Waals surface area contributed by atoms with Crippen LogP contribution in [0.4, 0.5) is 0 Å². The van der Waals surface area contributed by atoms with E-state index in [2.05, 4.69) is 48.6 Å². The second kappa shape index (κ2) is 9.61. The Labute approximate surface area is 178 Å². The molecule has 1 unspecified atom stereocenters. The second-order valence-electron chi connectivity index (χ2n) is 8.02. The molecule has 1 amide bonds. The first-order chi connectivity index (χ1) is 14.3. The maximum atomic E-state index is 12.5. The van der Waals surface area contributed by atoms with Crippen LogP contribution in [0.2, 0.25) is 0 Å². The van der Waals surface area contributed by atoms with Gasteiger partial charge in [-0.2, -0.15) is 0 Å². The van der Waals surface area contributed by atoms with Gasteiger partial charge in [0.1, 0.15) is 18.1 Å². The monoisotopic (exact) mass is 406 g/mol. The van der Waals surface area contributed by atoms with Crippen molar-refractivity contribution in [3.05, 3.63) is 82.2 Å². The number of carbonyl (C=O) groups is 1. The molecule has 3 aromatic rings. The van der Waals surface area contributed by atoms with Gasteiger partial charge in [-0.05, 0) is 55.5 Å². The summed E-state index contributed by atoms with van der Waals surface area (Å²) in [6.45, 7) is 10.5. The molecule has 5 heteroatoms. The minimum absolute atomic E-state index is 0.000162. The summed E-state index contributed by atoms with van der Waals surface area (Å²) in [5.41, 5.74) is 5.16. The maximum absolute atomic E-state index is 12.5. The summed E-state index contributed by atoms with van der Waals surface area (Å²) in [5.74, 6) is 2.02. The lowest BCUT2D eigenvalue weighted by Crippen LogP contribution is -2.28. The van der Waals surface area contributed by atoms with Gasteiger partial charge in [-0.1, -0.05) is 55.4 Å². The van der Waals surface area contributed by atoms with Gasteiger partial charge in [-0.25, -0.2) is 0 Å². The van der Waals surface area contributed by atoms with Crippen LogP contribution in [0.15, 0.2) is 53.1 Å². The van der Waals surface area contributed by atoms with Crippen molar-refractivity contribution in [1.82, 2.24) is 10.5 Å². The first kappa shape index (κ1) is 21.6. The largest absolute Gasteiger partial charge is 0.489 e. The van der Waals surface area contributed by atoms with Crippen LogP contribution in [0.3, 0.4) is 0 Å². The van der Waals surface area contributed by atoms with Crippen LogP contribution in [0.1, 0.15) is 66.4 Å². The highest BCUT2D eigenvalue weighted by Gasteiger charge is 2.12. The number of nitrogens with zero attached hydrogens (tertiary/aromatic N) is 1. The predicted molar refractivity (Wildman–Crippen MR) is 118 cm³/mol. The van der Waals surface area contributed by atoms with Crippen LogP contribution in [0.25, 0.3) is 0 Å². The summed E-state index contributed by atoms with van der Waals surface area (Å²) in [5, 5.41) is 7.01. The molecule has 5 nitrogen and oxygen atoms in total. The molecule has 3 rings (SSSR count). The molecule has 0 bridgehead atoms. The number of ether oxygens (including phenoxy) is 1. The van der Waals surface area contributed by atoms with Crippen LogP contribution in [0.5, 0.6) is 5.75 Å². The highest BCUT2D eigenvalue weighted by Crippen LogP contribution is 2.20. The van der Waals surface area contributed by atoms with E-state index >= 15 is 0 Å². The van der Waals surface area contributed by atoms with Crippen LogP contribution >= 0.6 is 0 Å². The molecule has 0 radical (unpaired) electrons. The van der Waals surface area contributed by atoms with Crippen molar-refractivity contribution in [2.45, 2.75) is 59.6 Å². The Morgan fingerprint density at radius 3 is 2.20 bits per heavy atom. The lowest BCUT2D eigenvalue weighted by Gasteiger charge is -2.16. The number of rotatable bonds is 8. The van der Waals surface area contributed by atoms with E-state index in [0.717, 1.165) is 33.9 Å². The molecular formula is C25H30N2O3. The van der Waals surface area contributed by atoms with Gasteiger partial charge in [0.05, 0.1) is 23.7 Å². The lowest BCUT2D eigenvalue weighted by molar-refractivity contribution is -0.121. The second-order valence-corrected chi connectivity index (χ2v) is 8.02. The Hall–Kier alpha value is -3.08. The molecule has 0 aliphatic rings. The Kier molecular flexibility index (Phi) is 6.93. The number of aryl methyl sites for hydroxylation is 2. The molecule has 0 spiro atoms. The Balaban J connectivity index is 1.51. The van der Waals surface area contributed by atoms with E-state index in [1.807, 2.05) is 45.0 Å². The third kappa shape index (κ3) is 5.50. The van der Waals surface area contributed by atoms with E-state index in [1.54, 1.807) is 0 Å².